The number of esters is 1. The van der Waals surface area contributed by atoms with Gasteiger partial charge in [-0.05, 0) is 23.3 Å². The van der Waals surface area contributed by atoms with Crippen LogP contribution in [0.5, 0.6) is 0 Å². The van der Waals surface area contributed by atoms with Gasteiger partial charge in [-0.1, -0.05) is 30.3 Å². The van der Waals surface area contributed by atoms with Gasteiger partial charge in [-0.2, -0.15) is 5.26 Å². The number of methoxy groups -OCH3 is 1. The largest absolute Gasteiger partial charge is 0.467 e. The smallest absolute Gasteiger partial charge is 0.336 e. The van der Waals surface area contributed by atoms with E-state index in [0.29, 0.717) is 5.56 Å². The van der Waals surface area contributed by atoms with E-state index in [4.69, 9.17) is 5.26 Å². The first-order valence-electron chi connectivity index (χ1n) is 5.85. The summed E-state index contributed by atoms with van der Waals surface area (Å²) in [5.41, 5.74) is -1.67. The van der Waals surface area contributed by atoms with E-state index >= 15 is 0 Å². The molecule has 1 aliphatic carbocycles. The number of carbonyl (C=O) groups excluding carboxylic acids is 1. The van der Waals surface area contributed by atoms with Gasteiger partial charge in [0.25, 0.3) is 0 Å². The number of nitriles is 1. The normalized spacial score (nSPS) is 25.2. The molecule has 0 saturated heterocycles. The zero-order valence-corrected chi connectivity index (χ0v) is 10.6. The van der Waals surface area contributed by atoms with Gasteiger partial charge in [0.1, 0.15) is 5.83 Å². The lowest BCUT2D eigenvalue weighted by molar-refractivity contribution is -0.150. The number of ether oxygens (including phenoxy) is 1. The molecule has 0 spiro atoms. The van der Waals surface area contributed by atoms with E-state index in [1.165, 1.54) is 6.07 Å². The molecule has 1 aliphatic rings. The molecular weight excluding hydrogens is 264 g/mol. The van der Waals surface area contributed by atoms with Crippen molar-refractivity contribution in [2.45, 2.75) is 6.17 Å². The molecule has 0 radical (unpaired) electrons. The van der Waals surface area contributed by atoms with E-state index in [2.05, 4.69) is 4.74 Å². The fourth-order valence-electron chi connectivity index (χ4n) is 2.05. The van der Waals surface area contributed by atoms with Crippen LogP contribution in [0.25, 0.3) is 5.57 Å². The highest BCUT2D eigenvalue weighted by Gasteiger charge is 2.53. The molecule has 2 atom stereocenters. The quantitative estimate of drug-likeness (QED) is 0.780. The maximum Gasteiger partial charge on any atom is 0.336 e. The number of nitrogens with zero attached hydrogens (tertiary/aromatic N) is 1. The fourth-order valence-corrected chi connectivity index (χ4v) is 2.05. The molecule has 1 aromatic rings. The molecule has 1 aromatic carbocycles. The van der Waals surface area contributed by atoms with Crippen molar-refractivity contribution in [3.63, 3.8) is 0 Å². The minimum atomic E-state index is -2.55. The lowest BCUT2D eigenvalue weighted by atomic mass is 9.77. The van der Waals surface area contributed by atoms with Crippen molar-refractivity contribution >= 4 is 11.5 Å². The van der Waals surface area contributed by atoms with Gasteiger partial charge in [0.15, 0.2) is 6.17 Å². The summed E-state index contributed by atoms with van der Waals surface area (Å²) in [7, 11) is 0.984. The van der Waals surface area contributed by atoms with Crippen LogP contribution >= 0.6 is 0 Å². The Bertz CT molecular complexity index is 631. The second-order valence-electron chi connectivity index (χ2n) is 4.29. The third-order valence-corrected chi connectivity index (χ3v) is 3.19. The molecule has 0 saturated carbocycles. The lowest BCUT2D eigenvalue weighted by Gasteiger charge is -2.27. The molecule has 3 nitrogen and oxygen atoms in total. The SMILES string of the molecule is COC(=O)C1(C#N)C(F)=CC(c2ccccc2)=CC1F. The van der Waals surface area contributed by atoms with E-state index in [9.17, 15) is 13.6 Å². The van der Waals surface area contributed by atoms with Crippen LogP contribution in [-0.4, -0.2) is 19.3 Å². The van der Waals surface area contributed by atoms with E-state index in [1.807, 2.05) is 0 Å². The number of halogens is 2. The Kier molecular flexibility index (Phi) is 3.66. The van der Waals surface area contributed by atoms with Crippen LogP contribution in [0.4, 0.5) is 8.78 Å². The molecule has 0 heterocycles. The van der Waals surface area contributed by atoms with Crippen LogP contribution in [0.15, 0.2) is 48.3 Å². The minimum absolute atomic E-state index is 0.283. The average molecular weight is 275 g/mol. The zero-order chi connectivity index (χ0) is 14.8. The molecule has 0 amide bonds. The summed E-state index contributed by atoms with van der Waals surface area (Å²) in [6.07, 6.45) is -0.0652. The van der Waals surface area contributed by atoms with Crippen LogP contribution in [0.1, 0.15) is 5.56 Å². The van der Waals surface area contributed by atoms with E-state index in [1.54, 1.807) is 30.3 Å². The number of benzene rings is 1. The Hall–Kier alpha value is -2.48. The van der Waals surface area contributed by atoms with Crippen molar-refractivity contribution in [1.29, 1.82) is 5.26 Å². The minimum Gasteiger partial charge on any atom is -0.467 e. The third-order valence-electron chi connectivity index (χ3n) is 3.19. The number of hydrogen-bond acceptors (Lipinski definition) is 3. The summed E-state index contributed by atoms with van der Waals surface area (Å²) in [6.45, 7) is 0. The summed E-state index contributed by atoms with van der Waals surface area (Å²) < 4.78 is 32.8. The molecule has 0 bridgehead atoms. The average Bonchev–Trinajstić information content (AvgIpc) is 2.48. The highest BCUT2D eigenvalue weighted by Crippen LogP contribution is 2.42. The van der Waals surface area contributed by atoms with E-state index in [0.717, 1.165) is 19.3 Å². The number of rotatable bonds is 2. The summed E-state index contributed by atoms with van der Waals surface area (Å²) in [6, 6.07) is 9.98. The number of hydrogen-bond donors (Lipinski definition) is 0. The Morgan fingerprint density at radius 1 is 1.40 bits per heavy atom. The number of allylic oxidation sites excluding steroid dienone is 3. The molecule has 0 N–H and O–H groups in total. The lowest BCUT2D eigenvalue weighted by Crippen LogP contribution is -2.41. The van der Waals surface area contributed by atoms with Gasteiger partial charge < -0.3 is 4.74 Å². The Balaban J connectivity index is 2.49. The maximum atomic E-state index is 14.2. The van der Waals surface area contributed by atoms with Gasteiger partial charge in [-0.25, -0.2) is 13.6 Å². The fraction of sp³-hybridized carbons (Fsp3) is 0.200. The molecule has 5 heteroatoms. The standard InChI is InChI=1S/C15H11F2NO2/c1-20-14(19)15(9-18)12(16)7-11(8-13(15)17)10-5-3-2-4-6-10/h2-8,12H,1H3. The first kappa shape index (κ1) is 13.9. The number of carbonyl (C=O) groups is 1. The Morgan fingerprint density at radius 3 is 2.55 bits per heavy atom. The predicted molar refractivity (Wildman–Crippen MR) is 68.6 cm³/mol. The van der Waals surface area contributed by atoms with Gasteiger partial charge in [-0.15, -0.1) is 0 Å². The van der Waals surface area contributed by atoms with Crippen LogP contribution in [0.2, 0.25) is 0 Å². The van der Waals surface area contributed by atoms with Crippen LogP contribution in [0.3, 0.4) is 0 Å². The summed E-state index contributed by atoms with van der Waals surface area (Å²) in [4.78, 5) is 11.6. The first-order valence-corrected chi connectivity index (χ1v) is 5.85. The first-order chi connectivity index (χ1) is 9.56. The van der Waals surface area contributed by atoms with Crippen LogP contribution in [0, 0.1) is 16.7 Å². The van der Waals surface area contributed by atoms with Crippen molar-refractivity contribution in [3.05, 3.63) is 53.9 Å². The monoisotopic (exact) mass is 275 g/mol. The van der Waals surface area contributed by atoms with E-state index < -0.39 is 23.4 Å². The Morgan fingerprint density at radius 2 is 2.05 bits per heavy atom. The summed E-state index contributed by atoms with van der Waals surface area (Å²) in [5.74, 6) is -2.40. The number of alkyl halides is 1. The third kappa shape index (κ3) is 1.99. The maximum absolute atomic E-state index is 14.2. The van der Waals surface area contributed by atoms with Crippen molar-refractivity contribution in [2.24, 2.45) is 5.41 Å². The second-order valence-corrected chi connectivity index (χ2v) is 4.29. The zero-order valence-electron chi connectivity index (χ0n) is 10.6. The Labute approximate surface area is 114 Å². The van der Waals surface area contributed by atoms with Gasteiger partial charge >= 0.3 is 5.97 Å². The van der Waals surface area contributed by atoms with Gasteiger partial charge in [0, 0.05) is 0 Å². The van der Waals surface area contributed by atoms with E-state index in [-0.39, 0.29) is 5.57 Å². The summed E-state index contributed by atoms with van der Waals surface area (Å²) in [5, 5.41) is 9.04. The van der Waals surface area contributed by atoms with Gasteiger partial charge in [0.05, 0.1) is 13.2 Å². The van der Waals surface area contributed by atoms with Gasteiger partial charge in [0.2, 0.25) is 5.41 Å². The molecule has 2 rings (SSSR count). The molecule has 0 aliphatic heterocycles. The van der Waals surface area contributed by atoms with Crippen LogP contribution < -0.4 is 0 Å². The van der Waals surface area contributed by atoms with Crippen molar-refractivity contribution in [1.82, 2.24) is 0 Å². The van der Waals surface area contributed by atoms with Gasteiger partial charge in [-0.3, -0.25) is 0 Å². The second kappa shape index (κ2) is 5.25. The molecule has 20 heavy (non-hydrogen) atoms. The molecule has 0 aromatic heterocycles. The molecule has 0 fully saturated rings. The predicted octanol–water partition coefficient (Wildman–Crippen LogP) is 2.96. The van der Waals surface area contributed by atoms with Crippen molar-refractivity contribution < 1.29 is 18.3 Å². The molecular formula is C15H11F2NO2. The van der Waals surface area contributed by atoms with Crippen molar-refractivity contribution in [3.8, 4) is 6.07 Å². The highest BCUT2D eigenvalue weighted by atomic mass is 19.1. The highest BCUT2D eigenvalue weighted by molar-refractivity contribution is 5.89. The summed E-state index contributed by atoms with van der Waals surface area (Å²) >= 11 is 0. The topological polar surface area (TPSA) is 50.1 Å². The molecule has 102 valence electrons. The van der Waals surface area contributed by atoms with Crippen LogP contribution in [-0.2, 0) is 9.53 Å². The van der Waals surface area contributed by atoms with Crippen molar-refractivity contribution in [2.75, 3.05) is 7.11 Å². The molecule has 2 unspecified atom stereocenters.